The first-order valence-corrected chi connectivity index (χ1v) is 13.5. The van der Waals surface area contributed by atoms with Crippen LogP contribution in [0.5, 0.6) is 0 Å². The number of carbonyl (C=O) groups excluding carboxylic acids is 1. The van der Waals surface area contributed by atoms with Crippen LogP contribution in [0, 0.1) is 0 Å². The highest BCUT2D eigenvalue weighted by Gasteiger charge is 2.36. The predicted octanol–water partition coefficient (Wildman–Crippen LogP) is 0.201. The van der Waals surface area contributed by atoms with Crippen LogP contribution in [0.3, 0.4) is 0 Å². The van der Waals surface area contributed by atoms with Crippen molar-refractivity contribution < 1.29 is 21.6 Å². The van der Waals surface area contributed by atoms with Gasteiger partial charge in [0.2, 0.25) is 10.0 Å². The maximum Gasteiger partial charge on any atom is 0.211 e. The van der Waals surface area contributed by atoms with E-state index in [9.17, 15) is 21.6 Å². The van der Waals surface area contributed by atoms with Crippen LogP contribution < -0.4 is 0 Å². The van der Waals surface area contributed by atoms with Gasteiger partial charge in [0, 0.05) is 51.9 Å². The van der Waals surface area contributed by atoms with Gasteiger partial charge in [-0.25, -0.2) is 16.8 Å². The van der Waals surface area contributed by atoms with E-state index in [2.05, 4.69) is 9.80 Å². The monoisotopic (exact) mass is 443 g/mol. The second-order valence-electron chi connectivity index (χ2n) is 7.87. The number of hydrogen-bond acceptors (Lipinski definition) is 7. The highest BCUT2D eigenvalue weighted by atomic mass is 32.2. The van der Waals surface area contributed by atoms with Crippen LogP contribution in [0.15, 0.2) is 29.2 Å². The van der Waals surface area contributed by atoms with Crippen molar-refractivity contribution in [3.05, 3.63) is 29.8 Å². The highest BCUT2D eigenvalue weighted by Crippen LogP contribution is 2.20. The number of rotatable bonds is 7. The summed E-state index contributed by atoms with van der Waals surface area (Å²) in [5.74, 6) is 0.0619. The molecule has 1 atom stereocenters. The summed E-state index contributed by atoms with van der Waals surface area (Å²) in [5.41, 5.74) is 0.779. The van der Waals surface area contributed by atoms with Crippen molar-refractivity contribution in [2.75, 3.05) is 51.8 Å². The maximum atomic E-state index is 13.2. The molecular weight excluding hydrogens is 414 g/mol. The molecule has 3 rings (SSSR count). The first-order valence-electron chi connectivity index (χ1n) is 9.80. The quantitative estimate of drug-likeness (QED) is 0.594. The Morgan fingerprint density at radius 3 is 1.86 bits per heavy atom. The minimum Gasteiger partial charge on any atom is -0.296 e. The molecule has 0 aliphatic carbocycles. The molecule has 1 aromatic carbocycles. The molecule has 2 saturated heterocycles. The normalized spacial score (nSPS) is 21.3. The van der Waals surface area contributed by atoms with Gasteiger partial charge in [0.05, 0.1) is 11.2 Å². The van der Waals surface area contributed by atoms with Crippen molar-refractivity contribution in [2.24, 2.45) is 0 Å². The lowest BCUT2D eigenvalue weighted by atomic mass is 10.1. The Hall–Kier alpha value is -1.33. The SMILES string of the molecule is CS(=O)(=O)c1ccc(CC(=O)C(N2CCCC2)N2CCN(S(C)(=O)=O)CC2)cc1. The topological polar surface area (TPSA) is 95.1 Å². The molecule has 0 spiro atoms. The largest absolute Gasteiger partial charge is 0.296 e. The third-order valence-corrected chi connectivity index (χ3v) is 8.02. The fourth-order valence-corrected chi connectivity index (χ4v) is 5.51. The lowest BCUT2D eigenvalue weighted by molar-refractivity contribution is -0.131. The van der Waals surface area contributed by atoms with E-state index in [4.69, 9.17) is 0 Å². The number of nitrogens with zero attached hydrogens (tertiary/aromatic N) is 3. The zero-order chi connectivity index (χ0) is 21.2. The average molecular weight is 444 g/mol. The Morgan fingerprint density at radius 1 is 0.862 bits per heavy atom. The number of sulfonamides is 1. The van der Waals surface area contributed by atoms with Crippen LogP contribution in [-0.2, 0) is 31.1 Å². The Kier molecular flexibility index (Phi) is 6.79. The standard InChI is InChI=1S/C19H29N3O5S2/c1-28(24,25)17-7-5-16(6-8-17)15-18(23)19(20-9-3-4-10-20)21-11-13-22(14-12-21)29(2,26)27/h5-8,19H,3-4,9-15H2,1-2H3. The van der Waals surface area contributed by atoms with Gasteiger partial charge in [-0.2, -0.15) is 4.31 Å². The molecule has 162 valence electrons. The summed E-state index contributed by atoms with van der Waals surface area (Å²) in [4.78, 5) is 17.7. The molecule has 0 saturated carbocycles. The first-order chi connectivity index (χ1) is 13.6. The molecule has 10 heteroatoms. The second-order valence-corrected chi connectivity index (χ2v) is 11.9. The molecule has 29 heavy (non-hydrogen) atoms. The number of sulfone groups is 1. The van der Waals surface area contributed by atoms with Gasteiger partial charge in [-0.1, -0.05) is 12.1 Å². The number of hydrogen-bond donors (Lipinski definition) is 0. The van der Waals surface area contributed by atoms with E-state index in [1.54, 1.807) is 12.1 Å². The van der Waals surface area contributed by atoms with Gasteiger partial charge in [0.15, 0.2) is 15.6 Å². The summed E-state index contributed by atoms with van der Waals surface area (Å²) >= 11 is 0. The number of benzene rings is 1. The molecule has 1 aromatic rings. The fourth-order valence-electron chi connectivity index (χ4n) is 4.05. The van der Waals surface area contributed by atoms with E-state index >= 15 is 0 Å². The first kappa shape index (κ1) is 22.4. The molecular formula is C19H29N3O5S2. The van der Waals surface area contributed by atoms with Gasteiger partial charge in [-0.05, 0) is 30.5 Å². The molecule has 0 N–H and O–H groups in total. The van der Waals surface area contributed by atoms with Gasteiger partial charge in [-0.3, -0.25) is 14.6 Å². The Labute approximate surface area is 173 Å². The molecule has 2 aliphatic heterocycles. The van der Waals surface area contributed by atoms with Gasteiger partial charge >= 0.3 is 0 Å². The van der Waals surface area contributed by atoms with Crippen molar-refractivity contribution in [3.8, 4) is 0 Å². The summed E-state index contributed by atoms with van der Waals surface area (Å²) in [6.45, 7) is 3.53. The van der Waals surface area contributed by atoms with Crippen LogP contribution >= 0.6 is 0 Å². The van der Waals surface area contributed by atoms with Gasteiger partial charge < -0.3 is 0 Å². The third-order valence-electron chi connectivity index (χ3n) is 5.59. The molecule has 0 amide bonds. The van der Waals surface area contributed by atoms with Gasteiger partial charge in [-0.15, -0.1) is 0 Å². The second kappa shape index (κ2) is 8.81. The summed E-state index contributed by atoms with van der Waals surface area (Å²) in [7, 11) is -6.49. The van der Waals surface area contributed by atoms with E-state index in [-0.39, 0.29) is 23.3 Å². The van der Waals surface area contributed by atoms with Crippen LogP contribution in [0.4, 0.5) is 0 Å². The minimum absolute atomic E-state index is 0.0619. The molecule has 2 heterocycles. The zero-order valence-corrected chi connectivity index (χ0v) is 18.6. The molecule has 0 aromatic heterocycles. The Morgan fingerprint density at radius 2 is 1.38 bits per heavy atom. The number of carbonyl (C=O) groups is 1. The number of ketones is 1. The van der Waals surface area contributed by atoms with E-state index in [0.717, 1.165) is 37.8 Å². The van der Waals surface area contributed by atoms with E-state index in [1.807, 2.05) is 0 Å². The summed E-state index contributed by atoms with van der Waals surface area (Å²) < 4.78 is 48.3. The zero-order valence-electron chi connectivity index (χ0n) is 17.0. The van der Waals surface area contributed by atoms with Crippen molar-refractivity contribution in [2.45, 2.75) is 30.3 Å². The minimum atomic E-state index is -3.27. The number of piperazine rings is 1. The van der Waals surface area contributed by atoms with Gasteiger partial charge in [0.25, 0.3) is 0 Å². The summed E-state index contributed by atoms with van der Waals surface area (Å²) in [5, 5.41) is 0. The highest BCUT2D eigenvalue weighted by molar-refractivity contribution is 7.90. The molecule has 0 radical (unpaired) electrons. The van der Waals surface area contributed by atoms with Crippen LogP contribution in [0.25, 0.3) is 0 Å². The van der Waals surface area contributed by atoms with Crippen LogP contribution in [-0.4, -0.2) is 94.7 Å². The van der Waals surface area contributed by atoms with E-state index < -0.39 is 19.9 Å². The van der Waals surface area contributed by atoms with E-state index in [0.29, 0.717) is 26.2 Å². The molecule has 1 unspecified atom stereocenters. The predicted molar refractivity (Wildman–Crippen MR) is 111 cm³/mol. The third kappa shape index (κ3) is 5.64. The average Bonchev–Trinajstić information content (AvgIpc) is 3.15. The molecule has 0 bridgehead atoms. The lowest BCUT2D eigenvalue weighted by Crippen LogP contribution is -2.59. The smallest absolute Gasteiger partial charge is 0.211 e. The molecule has 8 nitrogen and oxygen atoms in total. The van der Waals surface area contributed by atoms with Crippen LogP contribution in [0.1, 0.15) is 18.4 Å². The van der Waals surface area contributed by atoms with Gasteiger partial charge in [0.1, 0.15) is 6.17 Å². The number of likely N-dealkylation sites (tertiary alicyclic amines) is 1. The van der Waals surface area contributed by atoms with Crippen molar-refractivity contribution in [1.82, 2.24) is 14.1 Å². The van der Waals surface area contributed by atoms with Crippen molar-refractivity contribution in [1.29, 1.82) is 0 Å². The van der Waals surface area contributed by atoms with Crippen molar-refractivity contribution in [3.63, 3.8) is 0 Å². The van der Waals surface area contributed by atoms with Crippen LogP contribution in [0.2, 0.25) is 0 Å². The van der Waals surface area contributed by atoms with Crippen molar-refractivity contribution >= 4 is 25.6 Å². The Balaban J connectivity index is 1.72. The fraction of sp³-hybridized carbons (Fsp3) is 0.632. The summed E-state index contributed by atoms with van der Waals surface area (Å²) in [6.07, 6.45) is 4.33. The number of Topliss-reactive ketones (excluding diaryl/α,β-unsaturated/α-hetero) is 1. The molecule has 2 fully saturated rings. The summed E-state index contributed by atoms with van der Waals surface area (Å²) in [6, 6.07) is 6.45. The lowest BCUT2D eigenvalue weighted by Gasteiger charge is -2.41. The van der Waals surface area contributed by atoms with E-state index in [1.165, 1.54) is 22.7 Å². The maximum absolute atomic E-state index is 13.2. The Bertz CT molecular complexity index is 931. The molecule has 2 aliphatic rings.